The largest absolute Gasteiger partial charge is 0.387 e. The van der Waals surface area contributed by atoms with Gasteiger partial charge >= 0.3 is 6.03 Å². The number of thiophene rings is 2. The highest BCUT2D eigenvalue weighted by molar-refractivity contribution is 7.98. The molecule has 0 bridgehead atoms. The van der Waals surface area contributed by atoms with E-state index >= 15 is 0 Å². The van der Waals surface area contributed by atoms with Gasteiger partial charge < -0.3 is 15.7 Å². The van der Waals surface area contributed by atoms with Crippen LogP contribution in [0.5, 0.6) is 0 Å². The van der Waals surface area contributed by atoms with Gasteiger partial charge in [-0.25, -0.2) is 4.79 Å². The number of aliphatic hydroxyl groups excluding tert-OH is 1. The summed E-state index contributed by atoms with van der Waals surface area (Å²) in [6, 6.07) is 5.78. The standard InChI is InChI=1S/C14H18N2O2S3/c17-13(11-3-6-19-9-11)8-16-14(18)15-4-7-20-10-12-2-1-5-21-12/h1-3,5-6,9,13,17H,4,7-8,10H2,(H2,15,16,18). The smallest absolute Gasteiger partial charge is 0.314 e. The van der Waals surface area contributed by atoms with E-state index in [4.69, 9.17) is 0 Å². The summed E-state index contributed by atoms with van der Waals surface area (Å²) >= 11 is 5.08. The van der Waals surface area contributed by atoms with Crippen LogP contribution in [0.1, 0.15) is 16.5 Å². The molecule has 0 fully saturated rings. The fourth-order valence-corrected chi connectivity index (χ4v) is 4.04. The highest BCUT2D eigenvalue weighted by Gasteiger charge is 2.09. The first kappa shape index (κ1) is 16.4. The number of amides is 2. The van der Waals surface area contributed by atoms with E-state index in [0.717, 1.165) is 17.1 Å². The molecule has 3 N–H and O–H groups in total. The Morgan fingerprint density at radius 3 is 2.95 bits per heavy atom. The Bertz CT molecular complexity index is 514. The van der Waals surface area contributed by atoms with Crippen LogP contribution in [0.15, 0.2) is 34.3 Å². The van der Waals surface area contributed by atoms with Gasteiger partial charge in [0.05, 0.1) is 6.10 Å². The van der Waals surface area contributed by atoms with E-state index in [9.17, 15) is 9.90 Å². The zero-order chi connectivity index (χ0) is 14.9. The van der Waals surface area contributed by atoms with Crippen molar-refractivity contribution < 1.29 is 9.90 Å². The second kappa shape index (κ2) is 9.09. The summed E-state index contributed by atoms with van der Waals surface area (Å²) in [5.41, 5.74) is 0.840. The number of carbonyl (C=O) groups is 1. The Morgan fingerprint density at radius 2 is 2.24 bits per heavy atom. The van der Waals surface area contributed by atoms with Crippen LogP contribution in [0.2, 0.25) is 0 Å². The lowest BCUT2D eigenvalue weighted by Gasteiger charge is -2.11. The Hall–Kier alpha value is -1.02. The predicted molar refractivity (Wildman–Crippen MR) is 91.2 cm³/mol. The summed E-state index contributed by atoms with van der Waals surface area (Å²) in [6.45, 7) is 0.849. The predicted octanol–water partition coefficient (Wildman–Crippen LogP) is 3.08. The molecular weight excluding hydrogens is 324 g/mol. The van der Waals surface area contributed by atoms with Crippen molar-refractivity contribution in [1.82, 2.24) is 10.6 Å². The normalized spacial score (nSPS) is 12.0. The van der Waals surface area contributed by atoms with Crippen LogP contribution in [0, 0.1) is 0 Å². The van der Waals surface area contributed by atoms with Gasteiger partial charge in [0.25, 0.3) is 0 Å². The van der Waals surface area contributed by atoms with E-state index in [1.807, 2.05) is 22.9 Å². The number of aliphatic hydroxyl groups is 1. The first-order valence-electron chi connectivity index (χ1n) is 6.57. The average molecular weight is 343 g/mol. The summed E-state index contributed by atoms with van der Waals surface area (Å²) in [5, 5.41) is 21.2. The van der Waals surface area contributed by atoms with E-state index < -0.39 is 6.10 Å². The van der Waals surface area contributed by atoms with Crippen LogP contribution in [0.25, 0.3) is 0 Å². The van der Waals surface area contributed by atoms with Gasteiger partial charge in [0.15, 0.2) is 0 Å². The Morgan fingerprint density at radius 1 is 1.33 bits per heavy atom. The van der Waals surface area contributed by atoms with Gasteiger partial charge in [0, 0.05) is 29.5 Å². The molecule has 2 aromatic heterocycles. The monoisotopic (exact) mass is 342 g/mol. The van der Waals surface area contributed by atoms with Crippen molar-refractivity contribution in [3.05, 3.63) is 44.8 Å². The van der Waals surface area contributed by atoms with E-state index in [0.29, 0.717) is 6.54 Å². The molecule has 0 aromatic carbocycles. The third-order valence-corrected chi connectivity index (χ3v) is 5.51. The highest BCUT2D eigenvalue weighted by Crippen LogP contribution is 2.16. The molecule has 0 aliphatic rings. The van der Waals surface area contributed by atoms with Gasteiger partial charge in [-0.1, -0.05) is 6.07 Å². The van der Waals surface area contributed by atoms with Gasteiger partial charge in [-0.2, -0.15) is 23.1 Å². The molecule has 0 saturated carbocycles. The quantitative estimate of drug-likeness (QED) is 0.646. The van der Waals surface area contributed by atoms with Crippen LogP contribution in [0.4, 0.5) is 4.79 Å². The second-order valence-electron chi connectivity index (χ2n) is 4.34. The summed E-state index contributed by atoms with van der Waals surface area (Å²) in [7, 11) is 0. The minimum Gasteiger partial charge on any atom is -0.387 e. The third kappa shape index (κ3) is 6.09. The Balaban J connectivity index is 1.51. The molecule has 1 unspecified atom stereocenters. The van der Waals surface area contributed by atoms with Crippen LogP contribution in [-0.2, 0) is 5.75 Å². The Kier molecular flexibility index (Phi) is 7.08. The van der Waals surface area contributed by atoms with Gasteiger partial charge in [0.2, 0.25) is 0 Å². The molecule has 2 amide bonds. The topological polar surface area (TPSA) is 61.4 Å². The van der Waals surface area contributed by atoms with Crippen LogP contribution < -0.4 is 10.6 Å². The molecule has 0 aliphatic heterocycles. The molecule has 0 spiro atoms. The summed E-state index contributed by atoms with van der Waals surface area (Å²) in [6.07, 6.45) is -0.643. The molecule has 1 atom stereocenters. The molecule has 7 heteroatoms. The number of carbonyl (C=O) groups excluding carboxylic acids is 1. The highest BCUT2D eigenvalue weighted by atomic mass is 32.2. The van der Waals surface area contributed by atoms with Gasteiger partial charge in [-0.05, 0) is 33.8 Å². The molecule has 21 heavy (non-hydrogen) atoms. The third-order valence-electron chi connectivity index (χ3n) is 2.74. The summed E-state index contributed by atoms with van der Waals surface area (Å²) in [4.78, 5) is 12.9. The van der Waals surface area contributed by atoms with E-state index in [1.165, 1.54) is 16.2 Å². The number of urea groups is 1. The second-order valence-corrected chi connectivity index (χ2v) is 7.26. The fourth-order valence-electron chi connectivity index (χ4n) is 1.64. The lowest BCUT2D eigenvalue weighted by atomic mass is 10.2. The summed E-state index contributed by atoms with van der Waals surface area (Å²) < 4.78 is 0. The molecule has 4 nitrogen and oxygen atoms in total. The number of nitrogens with one attached hydrogen (secondary N) is 2. The van der Waals surface area contributed by atoms with Crippen molar-refractivity contribution in [3.8, 4) is 0 Å². The van der Waals surface area contributed by atoms with Crippen molar-refractivity contribution in [3.63, 3.8) is 0 Å². The SMILES string of the molecule is O=C(NCCSCc1cccs1)NCC(O)c1ccsc1. The van der Waals surface area contributed by atoms with Crippen molar-refractivity contribution in [2.75, 3.05) is 18.8 Å². The lowest BCUT2D eigenvalue weighted by molar-refractivity contribution is 0.173. The molecular formula is C14H18N2O2S3. The lowest BCUT2D eigenvalue weighted by Crippen LogP contribution is -2.38. The van der Waals surface area contributed by atoms with E-state index in [2.05, 4.69) is 22.1 Å². The summed E-state index contributed by atoms with van der Waals surface area (Å²) in [5.74, 6) is 1.86. The first-order chi connectivity index (χ1) is 10.3. The maximum atomic E-state index is 11.6. The van der Waals surface area contributed by atoms with Crippen LogP contribution in [0.3, 0.4) is 0 Å². The molecule has 0 radical (unpaired) electrons. The van der Waals surface area contributed by atoms with Gasteiger partial charge in [-0.15, -0.1) is 11.3 Å². The molecule has 0 saturated heterocycles. The van der Waals surface area contributed by atoms with Crippen molar-refractivity contribution in [2.45, 2.75) is 11.9 Å². The number of hydrogen-bond donors (Lipinski definition) is 3. The Labute approximate surface area is 136 Å². The number of thioether (sulfide) groups is 1. The number of rotatable bonds is 8. The molecule has 114 valence electrons. The maximum absolute atomic E-state index is 11.6. The van der Waals surface area contributed by atoms with Crippen molar-refractivity contribution >= 4 is 40.5 Å². The average Bonchev–Trinajstić information content (AvgIpc) is 3.17. The maximum Gasteiger partial charge on any atom is 0.314 e. The van der Waals surface area contributed by atoms with Crippen molar-refractivity contribution in [1.29, 1.82) is 0 Å². The first-order valence-corrected chi connectivity index (χ1v) is 9.55. The van der Waals surface area contributed by atoms with Crippen LogP contribution >= 0.6 is 34.4 Å². The van der Waals surface area contributed by atoms with Crippen molar-refractivity contribution in [2.24, 2.45) is 0 Å². The van der Waals surface area contributed by atoms with Crippen LogP contribution in [-0.4, -0.2) is 30.0 Å². The molecule has 2 heterocycles. The fraction of sp³-hybridized carbons (Fsp3) is 0.357. The zero-order valence-electron chi connectivity index (χ0n) is 11.5. The molecule has 2 rings (SSSR count). The minimum atomic E-state index is -0.643. The van der Waals surface area contributed by atoms with Gasteiger partial charge in [0.1, 0.15) is 0 Å². The number of hydrogen-bond acceptors (Lipinski definition) is 5. The minimum absolute atomic E-state index is 0.227. The van der Waals surface area contributed by atoms with E-state index in [1.54, 1.807) is 23.1 Å². The molecule has 2 aromatic rings. The zero-order valence-corrected chi connectivity index (χ0v) is 13.9. The molecule has 0 aliphatic carbocycles. The van der Waals surface area contributed by atoms with Gasteiger partial charge in [-0.3, -0.25) is 0 Å². The van der Waals surface area contributed by atoms with E-state index in [-0.39, 0.29) is 12.6 Å².